The van der Waals surface area contributed by atoms with Gasteiger partial charge in [-0.05, 0) is 81.3 Å². The molecule has 1 atom stereocenters. The van der Waals surface area contributed by atoms with E-state index < -0.39 is 0 Å². The van der Waals surface area contributed by atoms with Gasteiger partial charge in [-0.2, -0.15) is 0 Å². The zero-order chi connectivity index (χ0) is 23.3. The maximum Gasteiger partial charge on any atom is 0.253 e. The first-order chi connectivity index (χ1) is 16.1. The van der Waals surface area contributed by atoms with E-state index in [1.807, 2.05) is 61.2 Å². The summed E-state index contributed by atoms with van der Waals surface area (Å²) in [6.07, 6.45) is 5.17. The van der Waals surface area contributed by atoms with Crippen molar-refractivity contribution < 1.29 is 19.0 Å². The molecule has 1 unspecified atom stereocenters. The molecule has 2 aromatic rings. The second kappa shape index (κ2) is 10.4. The quantitative estimate of drug-likeness (QED) is 0.630. The van der Waals surface area contributed by atoms with Gasteiger partial charge in [0.2, 0.25) is 0 Å². The monoisotopic (exact) mass is 450 g/mol. The van der Waals surface area contributed by atoms with Crippen LogP contribution in [0.25, 0.3) is 5.57 Å². The van der Waals surface area contributed by atoms with E-state index >= 15 is 0 Å². The maximum absolute atomic E-state index is 12.8. The molecule has 6 heteroatoms. The average molecular weight is 451 g/mol. The minimum Gasteiger partial charge on any atom is -0.482 e. The Morgan fingerprint density at radius 3 is 2.61 bits per heavy atom. The summed E-state index contributed by atoms with van der Waals surface area (Å²) >= 11 is 0. The Kier molecular flexibility index (Phi) is 7.36. The highest BCUT2D eigenvalue weighted by atomic mass is 16.7. The van der Waals surface area contributed by atoms with Crippen LogP contribution in [0.4, 0.5) is 0 Å². The number of carbonyl (C=O) groups excluding carboxylic acids is 1. The summed E-state index contributed by atoms with van der Waals surface area (Å²) in [5.41, 5.74) is 3.39. The largest absolute Gasteiger partial charge is 0.482 e. The third-order valence-corrected chi connectivity index (χ3v) is 6.48. The molecule has 1 amide bonds. The van der Waals surface area contributed by atoms with Crippen LogP contribution in [0.3, 0.4) is 0 Å². The molecule has 4 rings (SSSR count). The number of nitrogens with one attached hydrogen (secondary N) is 1. The van der Waals surface area contributed by atoms with Crippen LogP contribution < -0.4 is 14.8 Å². The van der Waals surface area contributed by atoms with E-state index in [1.165, 1.54) is 0 Å². The van der Waals surface area contributed by atoms with Gasteiger partial charge in [-0.1, -0.05) is 18.2 Å². The molecule has 0 radical (unpaired) electrons. The van der Waals surface area contributed by atoms with Gasteiger partial charge in [-0.3, -0.25) is 4.79 Å². The van der Waals surface area contributed by atoms with Gasteiger partial charge in [0.05, 0.1) is 5.56 Å². The van der Waals surface area contributed by atoms with Crippen molar-refractivity contribution in [1.82, 2.24) is 10.2 Å². The van der Waals surface area contributed by atoms with Crippen molar-refractivity contribution in [2.45, 2.75) is 38.7 Å². The lowest BCUT2D eigenvalue weighted by molar-refractivity contribution is 0.0497. The van der Waals surface area contributed by atoms with Crippen molar-refractivity contribution in [3.8, 4) is 11.5 Å². The molecule has 0 aromatic heterocycles. The average Bonchev–Trinajstić information content (AvgIpc) is 3.08. The van der Waals surface area contributed by atoms with Crippen molar-refractivity contribution >= 4 is 11.5 Å². The Balaban J connectivity index is 1.77. The summed E-state index contributed by atoms with van der Waals surface area (Å²) in [6, 6.07) is 13.8. The first kappa shape index (κ1) is 23.3. The molecule has 1 fully saturated rings. The highest BCUT2D eigenvalue weighted by Crippen LogP contribution is 2.46. The van der Waals surface area contributed by atoms with Crippen LogP contribution in [-0.4, -0.2) is 56.5 Å². The Labute approximate surface area is 196 Å². The number of hydrogen-bond acceptors (Lipinski definition) is 5. The van der Waals surface area contributed by atoms with Crippen molar-refractivity contribution in [2.75, 3.05) is 40.1 Å². The topological polar surface area (TPSA) is 60.0 Å². The number of fused-ring (bicyclic) bond motifs is 1. The Bertz CT molecular complexity index is 988. The van der Waals surface area contributed by atoms with E-state index in [-0.39, 0.29) is 18.3 Å². The van der Waals surface area contributed by atoms with Crippen LogP contribution in [0.15, 0.2) is 48.5 Å². The van der Waals surface area contributed by atoms with Crippen molar-refractivity contribution in [3.05, 3.63) is 65.2 Å². The number of rotatable bonds is 7. The van der Waals surface area contributed by atoms with Gasteiger partial charge < -0.3 is 24.4 Å². The number of methoxy groups -OCH3 is 1. The first-order valence-corrected chi connectivity index (χ1v) is 11.9. The number of hydrogen-bond donors (Lipinski definition) is 1. The molecule has 2 heterocycles. The number of carbonyl (C=O) groups is 1. The summed E-state index contributed by atoms with van der Waals surface area (Å²) in [6.45, 7) is 7.48. The molecule has 1 N–H and O–H groups in total. The molecule has 6 nitrogen and oxygen atoms in total. The Morgan fingerprint density at radius 2 is 1.88 bits per heavy atom. The van der Waals surface area contributed by atoms with Gasteiger partial charge in [-0.25, -0.2) is 0 Å². The molecular weight excluding hydrogens is 416 g/mol. The highest BCUT2D eigenvalue weighted by Gasteiger charge is 2.37. The van der Waals surface area contributed by atoms with Crippen molar-refractivity contribution in [1.29, 1.82) is 0 Å². The molecule has 1 saturated heterocycles. The van der Waals surface area contributed by atoms with Gasteiger partial charge in [0.15, 0.2) is 6.79 Å². The summed E-state index contributed by atoms with van der Waals surface area (Å²) in [5.74, 6) is 1.61. The number of nitrogens with zero attached hydrogens (tertiary/aromatic N) is 1. The molecule has 0 saturated carbocycles. The van der Waals surface area contributed by atoms with E-state index in [1.54, 1.807) is 7.11 Å². The molecule has 176 valence electrons. The molecule has 0 bridgehead atoms. The van der Waals surface area contributed by atoms with E-state index in [9.17, 15) is 4.79 Å². The molecule has 2 aromatic carbocycles. The SMILES string of the molecule is CCN(CC)C(=O)c1ccc(C2=CC3(CCCNCC3)Oc3cccc(OCOC)c32)cc1. The van der Waals surface area contributed by atoms with Crippen LogP contribution in [-0.2, 0) is 4.74 Å². The molecule has 0 aliphatic carbocycles. The maximum atomic E-state index is 12.8. The molecule has 33 heavy (non-hydrogen) atoms. The van der Waals surface area contributed by atoms with Gasteiger partial charge in [0, 0.05) is 32.2 Å². The third kappa shape index (κ3) is 4.92. The lowest BCUT2D eigenvalue weighted by Gasteiger charge is -2.37. The summed E-state index contributed by atoms with van der Waals surface area (Å²) < 4.78 is 17.7. The van der Waals surface area contributed by atoms with Crippen molar-refractivity contribution in [2.24, 2.45) is 0 Å². The number of amides is 1. The summed E-state index contributed by atoms with van der Waals surface area (Å²) in [5, 5.41) is 3.49. The number of ether oxygens (including phenoxy) is 3. The van der Waals surface area contributed by atoms with Crippen LogP contribution in [0.5, 0.6) is 11.5 Å². The predicted octanol–water partition coefficient (Wildman–Crippen LogP) is 4.49. The van der Waals surface area contributed by atoms with E-state index in [4.69, 9.17) is 14.2 Å². The molecule has 2 aliphatic heterocycles. The number of benzene rings is 2. The fourth-order valence-corrected chi connectivity index (χ4v) is 4.71. The molecular formula is C27H34N2O4. The van der Waals surface area contributed by atoms with Gasteiger partial charge in [0.1, 0.15) is 17.1 Å². The Hall–Kier alpha value is -2.83. The zero-order valence-corrected chi connectivity index (χ0v) is 19.9. The van der Waals surface area contributed by atoms with E-state index in [0.717, 1.165) is 60.6 Å². The minimum absolute atomic E-state index is 0.0586. The van der Waals surface area contributed by atoms with E-state index in [2.05, 4.69) is 11.4 Å². The van der Waals surface area contributed by atoms with Gasteiger partial charge in [0.25, 0.3) is 5.91 Å². The predicted molar refractivity (Wildman–Crippen MR) is 130 cm³/mol. The van der Waals surface area contributed by atoms with Crippen LogP contribution in [0, 0.1) is 0 Å². The third-order valence-electron chi connectivity index (χ3n) is 6.48. The second-order valence-corrected chi connectivity index (χ2v) is 8.56. The summed E-state index contributed by atoms with van der Waals surface area (Å²) in [7, 11) is 1.61. The lowest BCUT2D eigenvalue weighted by atomic mass is 9.84. The standard InChI is InChI=1S/C27H34N2O4/c1-4-29(5-2)26(30)21-12-10-20(11-13-21)22-18-27(14-7-16-28-17-15-27)33-24-9-6-8-23(25(22)24)32-19-31-3/h6,8-13,18,28H,4-5,7,14-17,19H2,1-3H3. The first-order valence-electron chi connectivity index (χ1n) is 11.9. The summed E-state index contributed by atoms with van der Waals surface area (Å²) in [4.78, 5) is 14.6. The van der Waals surface area contributed by atoms with E-state index in [0.29, 0.717) is 18.7 Å². The van der Waals surface area contributed by atoms with Crippen LogP contribution in [0.1, 0.15) is 54.6 Å². The van der Waals surface area contributed by atoms with Gasteiger partial charge in [-0.15, -0.1) is 0 Å². The Morgan fingerprint density at radius 1 is 1.09 bits per heavy atom. The fraction of sp³-hybridized carbons (Fsp3) is 0.444. The smallest absolute Gasteiger partial charge is 0.253 e. The van der Waals surface area contributed by atoms with Crippen LogP contribution in [0.2, 0.25) is 0 Å². The fourth-order valence-electron chi connectivity index (χ4n) is 4.71. The normalized spacial score (nSPS) is 19.8. The van der Waals surface area contributed by atoms with Crippen molar-refractivity contribution in [3.63, 3.8) is 0 Å². The molecule has 1 spiro atoms. The minimum atomic E-state index is -0.360. The molecule has 2 aliphatic rings. The lowest BCUT2D eigenvalue weighted by Crippen LogP contribution is -2.37. The second-order valence-electron chi connectivity index (χ2n) is 8.56. The highest BCUT2D eigenvalue weighted by molar-refractivity contribution is 5.95. The zero-order valence-electron chi connectivity index (χ0n) is 19.9. The van der Waals surface area contributed by atoms with Crippen LogP contribution >= 0.6 is 0 Å². The van der Waals surface area contributed by atoms with Gasteiger partial charge >= 0.3 is 0 Å².